The number of fused-ring (bicyclic) bond motifs is 1. The van der Waals surface area contributed by atoms with Crippen molar-refractivity contribution in [3.8, 4) is 0 Å². The van der Waals surface area contributed by atoms with E-state index in [1.807, 2.05) is 18.3 Å². The minimum atomic E-state index is -0.123. The lowest BCUT2D eigenvalue weighted by Crippen LogP contribution is -2.28. The average Bonchev–Trinajstić information content (AvgIpc) is 3.31. The highest BCUT2D eigenvalue weighted by molar-refractivity contribution is 6.06. The van der Waals surface area contributed by atoms with Crippen LogP contribution in [0.1, 0.15) is 22.3 Å². The Morgan fingerprint density at radius 3 is 2.96 bits per heavy atom. The Kier molecular flexibility index (Phi) is 4.58. The molecule has 134 valence electrons. The first-order valence-corrected chi connectivity index (χ1v) is 8.95. The first kappa shape index (κ1) is 16.6. The largest absolute Gasteiger partial charge is 0.380 e. The van der Waals surface area contributed by atoms with Gasteiger partial charge < -0.3 is 15.6 Å². The average molecular weight is 349 g/mol. The molecule has 2 aromatic heterocycles. The molecule has 1 aromatic carbocycles. The van der Waals surface area contributed by atoms with Crippen LogP contribution in [0, 0.1) is 0 Å². The number of anilines is 1. The lowest BCUT2D eigenvalue weighted by Gasteiger charge is -2.19. The summed E-state index contributed by atoms with van der Waals surface area (Å²) in [5.74, 6) is -0.123. The van der Waals surface area contributed by atoms with E-state index in [1.54, 1.807) is 13.2 Å². The summed E-state index contributed by atoms with van der Waals surface area (Å²) in [7, 11) is 1.64. The summed E-state index contributed by atoms with van der Waals surface area (Å²) >= 11 is 0. The maximum atomic E-state index is 12.3. The Hall–Kier alpha value is -2.86. The molecule has 1 saturated heterocycles. The number of H-pyrrole nitrogens is 1. The van der Waals surface area contributed by atoms with Gasteiger partial charge in [-0.15, -0.1) is 0 Å². The molecule has 0 saturated carbocycles. The van der Waals surface area contributed by atoms with Crippen molar-refractivity contribution in [2.45, 2.75) is 19.0 Å². The number of nitrogens with zero attached hydrogens (tertiary/aromatic N) is 2. The van der Waals surface area contributed by atoms with Crippen LogP contribution in [0.4, 0.5) is 5.69 Å². The van der Waals surface area contributed by atoms with Crippen molar-refractivity contribution in [1.29, 1.82) is 0 Å². The molecule has 0 bridgehead atoms. The van der Waals surface area contributed by atoms with Crippen LogP contribution in [0.15, 0.2) is 48.8 Å². The number of pyridine rings is 1. The monoisotopic (exact) mass is 349 g/mol. The molecule has 6 nitrogen and oxygen atoms in total. The first-order chi connectivity index (χ1) is 12.7. The minimum absolute atomic E-state index is 0.123. The van der Waals surface area contributed by atoms with E-state index in [0.29, 0.717) is 11.6 Å². The van der Waals surface area contributed by atoms with E-state index >= 15 is 0 Å². The third kappa shape index (κ3) is 3.28. The van der Waals surface area contributed by atoms with Crippen molar-refractivity contribution >= 4 is 22.6 Å². The summed E-state index contributed by atoms with van der Waals surface area (Å²) < 4.78 is 0. The van der Waals surface area contributed by atoms with Crippen molar-refractivity contribution in [3.05, 3.63) is 59.9 Å². The standard InChI is InChI=1S/C20H23N5O/c1-21-20(26)17-11-23-19-16(7-9-22-19)18(17)24-15-8-10-25(13-15)12-14-5-3-2-4-6-14/h2-7,9,11,15H,8,10,12-13H2,1H3,(H,21,26)(H2,22,23,24). The smallest absolute Gasteiger partial charge is 0.254 e. The normalized spacial score (nSPS) is 17.5. The van der Waals surface area contributed by atoms with Crippen LogP contribution in [-0.4, -0.2) is 47.0 Å². The van der Waals surface area contributed by atoms with Gasteiger partial charge in [-0.25, -0.2) is 4.98 Å². The van der Waals surface area contributed by atoms with Gasteiger partial charge >= 0.3 is 0 Å². The van der Waals surface area contributed by atoms with Gasteiger partial charge in [0.05, 0.1) is 11.3 Å². The lowest BCUT2D eigenvalue weighted by molar-refractivity contribution is 0.0963. The van der Waals surface area contributed by atoms with E-state index in [2.05, 4.69) is 49.8 Å². The first-order valence-electron chi connectivity index (χ1n) is 8.95. The van der Waals surface area contributed by atoms with E-state index in [-0.39, 0.29) is 5.91 Å². The van der Waals surface area contributed by atoms with Crippen LogP contribution in [0.3, 0.4) is 0 Å². The number of nitrogens with one attached hydrogen (secondary N) is 3. The summed E-state index contributed by atoms with van der Waals surface area (Å²) in [5, 5.41) is 7.26. The Morgan fingerprint density at radius 2 is 2.15 bits per heavy atom. The maximum Gasteiger partial charge on any atom is 0.254 e. The van der Waals surface area contributed by atoms with Gasteiger partial charge in [0, 0.05) is 50.5 Å². The highest BCUT2D eigenvalue weighted by Gasteiger charge is 2.25. The predicted molar refractivity (Wildman–Crippen MR) is 103 cm³/mol. The molecular formula is C20H23N5O. The Labute approximate surface area is 152 Å². The van der Waals surface area contributed by atoms with E-state index in [1.165, 1.54) is 5.56 Å². The zero-order valence-electron chi connectivity index (χ0n) is 14.8. The third-order valence-electron chi connectivity index (χ3n) is 4.93. The van der Waals surface area contributed by atoms with Crippen molar-refractivity contribution in [2.24, 2.45) is 0 Å². The number of amides is 1. The lowest BCUT2D eigenvalue weighted by atomic mass is 10.1. The van der Waals surface area contributed by atoms with Crippen molar-refractivity contribution in [3.63, 3.8) is 0 Å². The molecule has 0 spiro atoms. The predicted octanol–water partition coefficient (Wildman–Crippen LogP) is 2.61. The zero-order valence-corrected chi connectivity index (χ0v) is 14.8. The molecule has 4 rings (SSSR count). The molecule has 1 aliphatic heterocycles. The molecule has 6 heteroatoms. The Bertz CT molecular complexity index is 905. The number of rotatable bonds is 5. The van der Waals surface area contributed by atoms with Crippen molar-refractivity contribution in [2.75, 3.05) is 25.5 Å². The molecule has 1 aliphatic rings. The van der Waals surface area contributed by atoms with Crippen LogP contribution in [0.5, 0.6) is 0 Å². The molecule has 0 radical (unpaired) electrons. The number of benzene rings is 1. The van der Waals surface area contributed by atoms with Gasteiger partial charge in [-0.3, -0.25) is 9.69 Å². The maximum absolute atomic E-state index is 12.3. The Morgan fingerprint density at radius 1 is 1.31 bits per heavy atom. The van der Waals surface area contributed by atoms with Gasteiger partial charge in [0.25, 0.3) is 5.91 Å². The molecule has 1 atom stereocenters. The second kappa shape index (κ2) is 7.17. The molecule has 3 N–H and O–H groups in total. The number of carbonyl (C=O) groups is 1. The molecule has 3 heterocycles. The molecule has 3 aromatic rings. The van der Waals surface area contributed by atoms with Crippen LogP contribution >= 0.6 is 0 Å². The number of aromatic nitrogens is 2. The molecule has 1 amide bonds. The zero-order chi connectivity index (χ0) is 17.9. The third-order valence-corrected chi connectivity index (χ3v) is 4.93. The van der Waals surface area contributed by atoms with Gasteiger partial charge in [0.15, 0.2) is 0 Å². The minimum Gasteiger partial charge on any atom is -0.380 e. The van der Waals surface area contributed by atoms with Crippen LogP contribution in [0.2, 0.25) is 0 Å². The molecule has 0 aliphatic carbocycles. The number of hydrogen-bond donors (Lipinski definition) is 3. The molecule has 1 unspecified atom stereocenters. The van der Waals surface area contributed by atoms with E-state index in [9.17, 15) is 4.79 Å². The number of hydrogen-bond acceptors (Lipinski definition) is 4. The summed E-state index contributed by atoms with van der Waals surface area (Å²) in [6, 6.07) is 12.8. The van der Waals surface area contributed by atoms with E-state index < -0.39 is 0 Å². The highest BCUT2D eigenvalue weighted by atomic mass is 16.1. The quantitative estimate of drug-likeness (QED) is 0.662. The van der Waals surface area contributed by atoms with Gasteiger partial charge in [0.1, 0.15) is 5.65 Å². The van der Waals surface area contributed by atoms with Crippen LogP contribution in [-0.2, 0) is 6.54 Å². The number of carbonyl (C=O) groups excluding carboxylic acids is 1. The van der Waals surface area contributed by atoms with Gasteiger partial charge in [-0.05, 0) is 18.1 Å². The van der Waals surface area contributed by atoms with Crippen molar-refractivity contribution < 1.29 is 4.79 Å². The summed E-state index contributed by atoms with van der Waals surface area (Å²) in [4.78, 5) is 22.2. The second-order valence-electron chi connectivity index (χ2n) is 6.72. The molecule has 26 heavy (non-hydrogen) atoms. The van der Waals surface area contributed by atoms with Gasteiger partial charge in [-0.2, -0.15) is 0 Å². The van der Waals surface area contributed by atoms with Crippen molar-refractivity contribution in [1.82, 2.24) is 20.2 Å². The fourth-order valence-electron chi connectivity index (χ4n) is 3.61. The topological polar surface area (TPSA) is 73.0 Å². The van der Waals surface area contributed by atoms with E-state index in [0.717, 1.165) is 42.8 Å². The number of likely N-dealkylation sites (tertiary alicyclic amines) is 1. The SMILES string of the molecule is CNC(=O)c1cnc2[nH]ccc2c1NC1CCN(Cc2ccccc2)C1. The van der Waals surface area contributed by atoms with Crippen LogP contribution < -0.4 is 10.6 Å². The van der Waals surface area contributed by atoms with Gasteiger partial charge in [-0.1, -0.05) is 30.3 Å². The molecular weight excluding hydrogens is 326 g/mol. The van der Waals surface area contributed by atoms with Crippen LogP contribution in [0.25, 0.3) is 11.0 Å². The fraction of sp³-hybridized carbons (Fsp3) is 0.300. The second-order valence-corrected chi connectivity index (χ2v) is 6.72. The highest BCUT2D eigenvalue weighted by Crippen LogP contribution is 2.28. The van der Waals surface area contributed by atoms with Gasteiger partial charge in [0.2, 0.25) is 0 Å². The summed E-state index contributed by atoms with van der Waals surface area (Å²) in [5.41, 5.74) is 3.57. The van der Waals surface area contributed by atoms with E-state index in [4.69, 9.17) is 0 Å². The molecule has 1 fully saturated rings. The Balaban J connectivity index is 1.52. The number of aromatic amines is 1. The summed E-state index contributed by atoms with van der Waals surface area (Å²) in [6.45, 7) is 2.96. The summed E-state index contributed by atoms with van der Waals surface area (Å²) in [6.07, 6.45) is 4.54. The fourth-order valence-corrected chi connectivity index (χ4v) is 3.61.